The molecule has 0 spiro atoms. The molecule has 0 aromatic rings. The molecule has 2 nitrogen and oxygen atoms in total. The molecule has 0 saturated heterocycles. The zero-order chi connectivity index (χ0) is 5.11. The molecule has 0 aromatic heterocycles. The van der Waals surface area contributed by atoms with Gasteiger partial charge in [0.1, 0.15) is 6.54 Å². The molecular weight excluding hydrogens is 196 g/mol. The predicted molar refractivity (Wildman–Crippen MR) is 49.3 cm³/mol. The molecule has 1 aliphatic heterocycles. The summed E-state index contributed by atoms with van der Waals surface area (Å²) in [4.78, 5) is 14.0. The molecule has 60 valence electrons. The first-order valence-electron chi connectivity index (χ1n) is 2.09. The minimum atomic E-state index is 0. The Morgan fingerprint density at radius 1 is 1.30 bits per heavy atom. The molecule has 0 N–H and O–H groups in total. The molecule has 0 aliphatic carbocycles. The number of rotatable bonds is 0. The van der Waals surface area contributed by atoms with Crippen molar-refractivity contribution in [2.45, 2.75) is 0 Å². The molecule has 0 atom stereocenters. The van der Waals surface area contributed by atoms with Crippen LogP contribution in [0.1, 0.15) is 0 Å². The van der Waals surface area contributed by atoms with Crippen molar-refractivity contribution in [3.63, 3.8) is 0 Å². The summed E-state index contributed by atoms with van der Waals surface area (Å²) in [6.07, 6.45) is 4.79. The van der Waals surface area contributed by atoms with Gasteiger partial charge in [0.2, 0.25) is 0 Å². The van der Waals surface area contributed by atoms with Crippen LogP contribution in [0.5, 0.6) is 0 Å². The second-order valence-corrected chi connectivity index (χ2v) is 1.32. The van der Waals surface area contributed by atoms with Crippen molar-refractivity contribution in [2.75, 3.05) is 6.54 Å². The van der Waals surface area contributed by atoms with E-state index in [1.165, 1.54) is 6.08 Å². The summed E-state index contributed by atoms with van der Waals surface area (Å²) >= 11 is 0. The molecule has 0 unspecified atom stereocenters. The van der Waals surface area contributed by atoms with E-state index >= 15 is 0 Å². The molecule has 0 aromatic carbocycles. The second-order valence-electron chi connectivity index (χ2n) is 1.32. The van der Waals surface area contributed by atoms with E-state index in [0.717, 1.165) is 0 Å². The highest BCUT2D eigenvalue weighted by atomic mass is 35.5. The van der Waals surface area contributed by atoms with Crippen LogP contribution in [-0.4, -0.2) is 18.5 Å². The normalized spacial score (nSPS) is 12.6. The van der Waals surface area contributed by atoms with Gasteiger partial charge in [0, 0.05) is 6.21 Å². The zero-order valence-corrected chi connectivity index (χ0v) is 7.47. The van der Waals surface area contributed by atoms with E-state index in [-0.39, 0.29) is 43.0 Å². The van der Waals surface area contributed by atoms with E-state index in [4.69, 9.17) is 0 Å². The smallest absolute Gasteiger partial charge is 0.177 e. The van der Waals surface area contributed by atoms with Crippen LogP contribution in [0.3, 0.4) is 0 Å². The van der Waals surface area contributed by atoms with Gasteiger partial charge in [-0.1, -0.05) is 0 Å². The van der Waals surface area contributed by atoms with Gasteiger partial charge in [-0.2, -0.15) is 0 Å². The fourth-order valence-electron chi connectivity index (χ4n) is 0.407. The lowest BCUT2D eigenvalue weighted by atomic mass is 10.3. The highest BCUT2D eigenvalue weighted by molar-refractivity contribution is 5.98. The summed E-state index contributed by atoms with van der Waals surface area (Å²) < 4.78 is 0. The van der Waals surface area contributed by atoms with E-state index < -0.39 is 0 Å². The van der Waals surface area contributed by atoms with Crippen LogP contribution in [0.4, 0.5) is 0 Å². The lowest BCUT2D eigenvalue weighted by molar-refractivity contribution is -0.113. The lowest BCUT2D eigenvalue weighted by Crippen LogP contribution is -2.00. The van der Waals surface area contributed by atoms with Gasteiger partial charge in [-0.25, -0.2) is 0 Å². The monoisotopic (exact) mass is 203 g/mol. The van der Waals surface area contributed by atoms with E-state index in [2.05, 4.69) is 4.99 Å². The minimum absolute atomic E-state index is 0. The van der Waals surface area contributed by atoms with Crippen LogP contribution in [0.25, 0.3) is 0 Å². The summed E-state index contributed by atoms with van der Waals surface area (Å²) in [5, 5.41) is 0. The van der Waals surface area contributed by atoms with Crippen molar-refractivity contribution in [2.24, 2.45) is 4.99 Å². The molecule has 10 heavy (non-hydrogen) atoms. The van der Waals surface area contributed by atoms with Crippen molar-refractivity contribution in [3.8, 4) is 0 Å². The number of dihydropyridines is 1. The number of carbonyl (C=O) groups is 1. The lowest BCUT2D eigenvalue weighted by Gasteiger charge is -1.88. The Morgan fingerprint density at radius 2 is 1.90 bits per heavy atom. The average Bonchev–Trinajstić information content (AvgIpc) is 1.69. The van der Waals surface area contributed by atoms with E-state index in [1.54, 1.807) is 12.3 Å². The highest BCUT2D eigenvalue weighted by Crippen LogP contribution is 1.82. The summed E-state index contributed by atoms with van der Waals surface area (Å²) in [5.74, 6) is 0.0856. The van der Waals surface area contributed by atoms with Crippen molar-refractivity contribution >= 4 is 49.2 Å². The summed E-state index contributed by atoms with van der Waals surface area (Å²) in [6, 6.07) is 0. The zero-order valence-electron chi connectivity index (χ0n) is 5.02. The second kappa shape index (κ2) is 8.95. The quantitative estimate of drug-likeness (QED) is 0.587. The van der Waals surface area contributed by atoms with Gasteiger partial charge >= 0.3 is 0 Å². The number of nitrogens with zero attached hydrogens (tertiary/aromatic N) is 1. The Labute approximate surface area is 78.0 Å². The third-order valence-corrected chi connectivity index (χ3v) is 0.721. The maximum Gasteiger partial charge on any atom is 0.177 e. The highest BCUT2D eigenvalue weighted by Gasteiger charge is 1.93. The standard InChI is InChI=1S/C5H5NO.3ClH/c7-5-2-1-3-6-4-5;;;/h1-3H,4H2;3*1H. The van der Waals surface area contributed by atoms with Crippen molar-refractivity contribution < 1.29 is 4.79 Å². The first-order valence-corrected chi connectivity index (χ1v) is 2.09. The molecule has 0 radical (unpaired) electrons. The van der Waals surface area contributed by atoms with Gasteiger partial charge in [-0.3, -0.25) is 9.79 Å². The van der Waals surface area contributed by atoms with E-state index in [9.17, 15) is 4.79 Å². The molecule has 0 amide bonds. The van der Waals surface area contributed by atoms with Gasteiger partial charge < -0.3 is 0 Å². The third kappa shape index (κ3) is 6.08. The maximum absolute atomic E-state index is 10.3. The largest absolute Gasteiger partial charge is 0.293 e. The van der Waals surface area contributed by atoms with Crippen molar-refractivity contribution in [1.29, 1.82) is 0 Å². The van der Waals surface area contributed by atoms with E-state index in [0.29, 0.717) is 6.54 Å². The maximum atomic E-state index is 10.3. The Bertz CT molecular complexity index is 144. The Hall–Kier alpha value is -0.0500. The Morgan fingerprint density at radius 3 is 2.10 bits per heavy atom. The fraction of sp³-hybridized carbons (Fsp3) is 0.200. The van der Waals surface area contributed by atoms with Crippen LogP contribution in [0.2, 0.25) is 0 Å². The summed E-state index contributed by atoms with van der Waals surface area (Å²) in [7, 11) is 0. The van der Waals surface area contributed by atoms with Gasteiger partial charge in [-0.05, 0) is 12.2 Å². The number of hydrogen-bond acceptors (Lipinski definition) is 2. The molecule has 5 heteroatoms. The van der Waals surface area contributed by atoms with Gasteiger partial charge in [0.15, 0.2) is 5.78 Å². The number of carbonyl (C=O) groups excluding carboxylic acids is 1. The van der Waals surface area contributed by atoms with Gasteiger partial charge in [0.05, 0.1) is 0 Å². The molecular formula is C5H8Cl3NO. The fourth-order valence-corrected chi connectivity index (χ4v) is 0.407. The summed E-state index contributed by atoms with van der Waals surface area (Å²) in [6.45, 7) is 0.330. The van der Waals surface area contributed by atoms with Gasteiger partial charge in [-0.15, -0.1) is 37.2 Å². The van der Waals surface area contributed by atoms with Crippen LogP contribution < -0.4 is 0 Å². The van der Waals surface area contributed by atoms with Crippen LogP contribution in [-0.2, 0) is 4.79 Å². The average molecular weight is 204 g/mol. The van der Waals surface area contributed by atoms with Crippen molar-refractivity contribution in [1.82, 2.24) is 0 Å². The molecule has 0 bridgehead atoms. The number of aliphatic imine (C=N–C) groups is 1. The predicted octanol–water partition coefficient (Wildman–Crippen LogP) is 1.46. The van der Waals surface area contributed by atoms with Crippen LogP contribution in [0.15, 0.2) is 17.1 Å². The van der Waals surface area contributed by atoms with Crippen LogP contribution in [0, 0.1) is 0 Å². The Balaban J connectivity index is -0.000000163. The molecule has 1 aliphatic rings. The SMILES string of the molecule is Cl.Cl.Cl.O=C1C=CC=NC1. The number of allylic oxidation sites excluding steroid dienone is 1. The number of hydrogen-bond donors (Lipinski definition) is 0. The molecule has 1 rings (SSSR count). The topological polar surface area (TPSA) is 29.4 Å². The molecule has 0 fully saturated rings. The van der Waals surface area contributed by atoms with Crippen LogP contribution >= 0.6 is 37.2 Å². The molecule has 1 heterocycles. The van der Waals surface area contributed by atoms with Crippen molar-refractivity contribution in [3.05, 3.63) is 12.2 Å². The number of ketones is 1. The first kappa shape index (κ1) is 16.5. The molecule has 0 saturated carbocycles. The summed E-state index contributed by atoms with van der Waals surface area (Å²) in [5.41, 5.74) is 0. The minimum Gasteiger partial charge on any atom is -0.293 e. The first-order chi connectivity index (χ1) is 3.39. The Kier molecular flexibility index (Phi) is 14.8. The third-order valence-electron chi connectivity index (χ3n) is 0.721. The number of halogens is 3. The van der Waals surface area contributed by atoms with Gasteiger partial charge in [0.25, 0.3) is 0 Å². The van der Waals surface area contributed by atoms with E-state index in [1.807, 2.05) is 0 Å².